The van der Waals surface area contributed by atoms with Gasteiger partial charge in [0.25, 0.3) is 0 Å². The van der Waals surface area contributed by atoms with Crippen LogP contribution in [0, 0.1) is 0 Å². The van der Waals surface area contributed by atoms with Crippen molar-refractivity contribution in [1.29, 1.82) is 0 Å². The lowest BCUT2D eigenvalue weighted by Gasteiger charge is -2.03. The second-order valence-electron chi connectivity index (χ2n) is 3.83. The van der Waals surface area contributed by atoms with E-state index in [-0.39, 0.29) is 0 Å². The van der Waals surface area contributed by atoms with Crippen molar-refractivity contribution in [2.45, 2.75) is 13.0 Å². The molecule has 2 N–H and O–H groups in total. The maximum absolute atomic E-state index is 5.73. The Morgan fingerprint density at radius 1 is 1.33 bits per heavy atom. The largest absolute Gasteiger partial charge is 0.384 e. The van der Waals surface area contributed by atoms with Gasteiger partial charge in [0, 0.05) is 19.4 Å². The average Bonchev–Trinajstić information content (AvgIpc) is 2.79. The van der Waals surface area contributed by atoms with Gasteiger partial charge < -0.3 is 15.0 Å². The van der Waals surface area contributed by atoms with E-state index in [4.69, 9.17) is 10.5 Å². The number of fused-ring (bicyclic) bond motifs is 1. The van der Waals surface area contributed by atoms with E-state index in [1.54, 1.807) is 13.4 Å². The molecule has 0 atom stereocenters. The standard InChI is InChI=1S/C11H17N5OS/c1-17-4-6-18-5-2-3-16-8-15-9-10(12)13-7-14-11(9)16/h7-8H,2-6H2,1H3,(H2,12,13,14). The van der Waals surface area contributed by atoms with Crippen molar-refractivity contribution in [3.8, 4) is 0 Å². The lowest BCUT2D eigenvalue weighted by Crippen LogP contribution is -2.01. The third kappa shape index (κ3) is 3.11. The normalized spacial score (nSPS) is 11.2. The van der Waals surface area contributed by atoms with Gasteiger partial charge in [-0.3, -0.25) is 0 Å². The molecule has 0 amide bonds. The van der Waals surface area contributed by atoms with Crippen molar-refractivity contribution in [3.63, 3.8) is 0 Å². The molecule has 0 aliphatic rings. The lowest BCUT2D eigenvalue weighted by molar-refractivity contribution is 0.218. The third-order valence-corrected chi connectivity index (χ3v) is 3.58. The first kappa shape index (κ1) is 13.1. The number of rotatable bonds is 7. The monoisotopic (exact) mass is 267 g/mol. The smallest absolute Gasteiger partial charge is 0.165 e. The number of imidazole rings is 1. The molecule has 2 rings (SSSR count). The zero-order valence-electron chi connectivity index (χ0n) is 10.4. The van der Waals surface area contributed by atoms with Crippen LogP contribution in [0.1, 0.15) is 6.42 Å². The minimum Gasteiger partial charge on any atom is -0.384 e. The van der Waals surface area contributed by atoms with Crippen molar-refractivity contribution in [1.82, 2.24) is 19.5 Å². The first-order valence-electron chi connectivity index (χ1n) is 5.81. The highest BCUT2D eigenvalue weighted by molar-refractivity contribution is 7.99. The Hall–Kier alpha value is -1.34. The quantitative estimate of drug-likeness (QED) is 0.759. The topological polar surface area (TPSA) is 78.9 Å². The summed E-state index contributed by atoms with van der Waals surface area (Å²) in [6, 6.07) is 0. The van der Waals surface area contributed by atoms with E-state index in [9.17, 15) is 0 Å². The Balaban J connectivity index is 1.86. The molecule has 0 fully saturated rings. The number of ether oxygens (including phenoxy) is 1. The summed E-state index contributed by atoms with van der Waals surface area (Å²) in [4.78, 5) is 12.4. The van der Waals surface area contributed by atoms with Gasteiger partial charge in [-0.2, -0.15) is 11.8 Å². The molecule has 2 aromatic heterocycles. The minimum absolute atomic E-state index is 0.438. The number of nitrogens with zero attached hydrogens (tertiary/aromatic N) is 4. The Bertz CT molecular complexity index is 501. The van der Waals surface area contributed by atoms with Gasteiger partial charge in [-0.25, -0.2) is 15.0 Å². The highest BCUT2D eigenvalue weighted by atomic mass is 32.2. The van der Waals surface area contributed by atoms with Crippen LogP contribution in [0.5, 0.6) is 0 Å². The Kier molecular flexibility index (Phi) is 4.77. The van der Waals surface area contributed by atoms with Crippen molar-refractivity contribution < 1.29 is 4.74 Å². The summed E-state index contributed by atoms with van der Waals surface area (Å²) in [5, 5.41) is 0. The second-order valence-corrected chi connectivity index (χ2v) is 5.05. The SMILES string of the molecule is COCCSCCCn1cnc2c(N)ncnc21. The summed E-state index contributed by atoms with van der Waals surface area (Å²) in [5.41, 5.74) is 7.23. The minimum atomic E-state index is 0.438. The zero-order chi connectivity index (χ0) is 12.8. The highest BCUT2D eigenvalue weighted by Gasteiger charge is 2.06. The van der Waals surface area contributed by atoms with E-state index < -0.39 is 0 Å². The van der Waals surface area contributed by atoms with E-state index in [0.29, 0.717) is 11.3 Å². The number of thioether (sulfide) groups is 1. The summed E-state index contributed by atoms with van der Waals surface area (Å²) in [6.45, 7) is 1.70. The number of aromatic nitrogens is 4. The number of hydrogen-bond acceptors (Lipinski definition) is 6. The molecule has 0 aliphatic heterocycles. The van der Waals surface area contributed by atoms with Crippen LogP contribution in [-0.2, 0) is 11.3 Å². The van der Waals surface area contributed by atoms with Crippen LogP contribution in [0.3, 0.4) is 0 Å². The summed E-state index contributed by atoms with van der Waals surface area (Å²) < 4.78 is 7.02. The van der Waals surface area contributed by atoms with Crippen LogP contribution < -0.4 is 5.73 Å². The van der Waals surface area contributed by atoms with Gasteiger partial charge in [0.05, 0.1) is 12.9 Å². The number of nitrogens with two attached hydrogens (primary N) is 1. The summed E-state index contributed by atoms with van der Waals surface area (Å²) in [7, 11) is 1.72. The van der Waals surface area contributed by atoms with Crippen LogP contribution in [-0.4, -0.2) is 44.7 Å². The molecular weight excluding hydrogens is 250 g/mol. The maximum Gasteiger partial charge on any atom is 0.165 e. The lowest BCUT2D eigenvalue weighted by atomic mass is 10.4. The van der Waals surface area contributed by atoms with Crippen LogP contribution in [0.15, 0.2) is 12.7 Å². The third-order valence-electron chi connectivity index (χ3n) is 2.55. The predicted molar refractivity (Wildman–Crippen MR) is 73.6 cm³/mol. The van der Waals surface area contributed by atoms with Gasteiger partial charge >= 0.3 is 0 Å². The fourth-order valence-electron chi connectivity index (χ4n) is 1.64. The van der Waals surface area contributed by atoms with E-state index in [0.717, 1.165) is 36.7 Å². The average molecular weight is 267 g/mol. The molecule has 0 saturated heterocycles. The molecule has 2 aromatic rings. The molecule has 98 valence electrons. The number of hydrogen-bond donors (Lipinski definition) is 1. The predicted octanol–water partition coefficient (Wildman–Crippen LogP) is 1.18. The fraction of sp³-hybridized carbons (Fsp3) is 0.545. The molecule has 0 radical (unpaired) electrons. The molecule has 0 saturated carbocycles. The molecule has 0 aromatic carbocycles. The number of methoxy groups -OCH3 is 1. The van der Waals surface area contributed by atoms with Gasteiger partial charge in [-0.1, -0.05) is 0 Å². The molecule has 0 bridgehead atoms. The molecule has 2 heterocycles. The second kappa shape index (κ2) is 6.55. The molecule has 6 nitrogen and oxygen atoms in total. The van der Waals surface area contributed by atoms with Crippen LogP contribution in [0.2, 0.25) is 0 Å². The molecule has 0 spiro atoms. The molecule has 7 heteroatoms. The van der Waals surface area contributed by atoms with E-state index in [1.807, 2.05) is 16.3 Å². The van der Waals surface area contributed by atoms with E-state index >= 15 is 0 Å². The van der Waals surface area contributed by atoms with Gasteiger partial charge in [0.1, 0.15) is 11.8 Å². The van der Waals surface area contributed by atoms with Gasteiger partial charge in [0.15, 0.2) is 11.5 Å². The first-order valence-corrected chi connectivity index (χ1v) is 6.96. The Morgan fingerprint density at radius 2 is 2.22 bits per heavy atom. The summed E-state index contributed by atoms with van der Waals surface area (Å²) in [5.74, 6) is 2.58. The number of anilines is 1. The van der Waals surface area contributed by atoms with E-state index in [1.165, 1.54) is 6.33 Å². The molecule has 0 unspecified atom stereocenters. The van der Waals surface area contributed by atoms with Crippen LogP contribution in [0.25, 0.3) is 11.2 Å². The van der Waals surface area contributed by atoms with Crippen molar-refractivity contribution in [2.24, 2.45) is 0 Å². The van der Waals surface area contributed by atoms with Crippen LogP contribution >= 0.6 is 11.8 Å². The van der Waals surface area contributed by atoms with Crippen molar-refractivity contribution in [2.75, 3.05) is 31.0 Å². The summed E-state index contributed by atoms with van der Waals surface area (Å²) >= 11 is 1.89. The molecular formula is C11H17N5OS. The maximum atomic E-state index is 5.73. The fourth-order valence-corrected chi connectivity index (χ4v) is 2.47. The summed E-state index contributed by atoms with van der Waals surface area (Å²) in [6.07, 6.45) is 4.32. The van der Waals surface area contributed by atoms with Gasteiger partial charge in [-0.15, -0.1) is 0 Å². The van der Waals surface area contributed by atoms with Crippen LogP contribution in [0.4, 0.5) is 5.82 Å². The Labute approximate surface area is 110 Å². The number of aryl methyl sites for hydroxylation is 1. The van der Waals surface area contributed by atoms with E-state index in [2.05, 4.69) is 15.0 Å². The zero-order valence-corrected chi connectivity index (χ0v) is 11.2. The van der Waals surface area contributed by atoms with Gasteiger partial charge in [0.2, 0.25) is 0 Å². The molecule has 0 aliphatic carbocycles. The van der Waals surface area contributed by atoms with Gasteiger partial charge in [-0.05, 0) is 12.2 Å². The van der Waals surface area contributed by atoms with Crippen molar-refractivity contribution in [3.05, 3.63) is 12.7 Å². The highest BCUT2D eigenvalue weighted by Crippen LogP contribution is 2.14. The van der Waals surface area contributed by atoms with Crippen molar-refractivity contribution >= 4 is 28.7 Å². The first-order chi connectivity index (χ1) is 8.83. The Morgan fingerprint density at radius 3 is 3.06 bits per heavy atom. The number of nitrogen functional groups attached to an aromatic ring is 1. The molecule has 18 heavy (non-hydrogen) atoms.